The Morgan fingerprint density at radius 2 is 1.83 bits per heavy atom. The lowest BCUT2D eigenvalue weighted by atomic mass is 10.0. The van der Waals surface area contributed by atoms with Crippen LogP contribution >= 0.6 is 39.1 Å². The molecule has 0 heterocycles. The van der Waals surface area contributed by atoms with Crippen molar-refractivity contribution in [2.75, 3.05) is 5.32 Å². The molecule has 0 aliphatic heterocycles. The number of rotatable bonds is 2. The minimum atomic E-state index is 0.0717. The Balaban J connectivity index is 1.72. The second-order valence-corrected chi connectivity index (χ2v) is 6.75. The third kappa shape index (κ3) is 2.28. The number of nitrogens with one attached hydrogen (secondary N) is 1. The zero-order chi connectivity index (χ0) is 12.9. The van der Waals surface area contributed by atoms with Crippen molar-refractivity contribution in [1.29, 1.82) is 0 Å². The van der Waals surface area contributed by atoms with E-state index in [1.165, 1.54) is 6.42 Å². The molecule has 1 aromatic rings. The van der Waals surface area contributed by atoms with E-state index < -0.39 is 0 Å². The van der Waals surface area contributed by atoms with Crippen molar-refractivity contribution in [1.82, 2.24) is 0 Å². The highest BCUT2D eigenvalue weighted by Crippen LogP contribution is 2.54. The summed E-state index contributed by atoms with van der Waals surface area (Å²) in [4.78, 5) is 12.1. The summed E-state index contributed by atoms with van der Waals surface area (Å²) in [5.74, 6) is 1.81. The minimum absolute atomic E-state index is 0.0717. The van der Waals surface area contributed by atoms with Crippen LogP contribution in [0.2, 0.25) is 10.0 Å². The second kappa shape index (κ2) is 4.69. The molecule has 2 unspecified atom stereocenters. The topological polar surface area (TPSA) is 29.1 Å². The van der Waals surface area contributed by atoms with E-state index >= 15 is 0 Å². The summed E-state index contributed by atoms with van der Waals surface area (Å²) in [7, 11) is 0. The molecule has 2 aliphatic carbocycles. The van der Waals surface area contributed by atoms with Gasteiger partial charge in [0.25, 0.3) is 0 Å². The van der Waals surface area contributed by atoms with Gasteiger partial charge in [0.2, 0.25) is 5.91 Å². The van der Waals surface area contributed by atoms with Gasteiger partial charge < -0.3 is 5.32 Å². The smallest absolute Gasteiger partial charge is 0.227 e. The molecular weight excluding hydrogens is 337 g/mol. The zero-order valence-corrected chi connectivity index (χ0v) is 12.6. The minimum Gasteiger partial charge on any atom is -0.324 e. The molecule has 96 valence electrons. The van der Waals surface area contributed by atoms with Gasteiger partial charge in [-0.3, -0.25) is 4.79 Å². The number of benzene rings is 1. The highest BCUT2D eigenvalue weighted by molar-refractivity contribution is 9.10. The third-order valence-electron chi connectivity index (χ3n) is 3.91. The van der Waals surface area contributed by atoms with Crippen LogP contribution in [0.15, 0.2) is 16.6 Å². The maximum absolute atomic E-state index is 12.1. The summed E-state index contributed by atoms with van der Waals surface area (Å²) in [6.45, 7) is 0. The number of anilines is 1. The first-order valence-corrected chi connectivity index (χ1v) is 7.55. The maximum Gasteiger partial charge on any atom is 0.227 e. The van der Waals surface area contributed by atoms with Crippen molar-refractivity contribution in [2.45, 2.75) is 19.3 Å². The number of carbonyl (C=O) groups excluding carboxylic acids is 1. The predicted octanol–water partition coefficient (Wildman–Crippen LogP) is 4.74. The summed E-state index contributed by atoms with van der Waals surface area (Å²) in [6, 6.07) is 3.56. The van der Waals surface area contributed by atoms with Crippen molar-refractivity contribution in [2.24, 2.45) is 17.8 Å². The Kier molecular flexibility index (Phi) is 3.33. The standard InChI is InChI=1S/C13H12BrCl2NO/c14-9-1-2-10(12(16)11(9)15)17-13(18)8-4-6-3-7(6)5-8/h1-2,6-8H,3-5H2,(H,17,18). The van der Waals surface area contributed by atoms with Gasteiger partial charge in [-0.1, -0.05) is 23.2 Å². The molecule has 2 atom stereocenters. The monoisotopic (exact) mass is 347 g/mol. The van der Waals surface area contributed by atoms with Crippen LogP contribution in [0.3, 0.4) is 0 Å². The van der Waals surface area contributed by atoms with Gasteiger partial charge in [-0.25, -0.2) is 0 Å². The summed E-state index contributed by atoms with van der Waals surface area (Å²) in [5.41, 5.74) is 0.593. The lowest BCUT2D eigenvalue weighted by Gasteiger charge is -2.14. The van der Waals surface area contributed by atoms with Crippen molar-refractivity contribution in [3.05, 3.63) is 26.7 Å². The van der Waals surface area contributed by atoms with Crippen molar-refractivity contribution in [3.8, 4) is 0 Å². The number of hydrogen-bond donors (Lipinski definition) is 1. The van der Waals surface area contributed by atoms with Crippen molar-refractivity contribution >= 4 is 50.7 Å². The Labute approximate surface area is 124 Å². The van der Waals surface area contributed by atoms with Crippen LogP contribution in [-0.4, -0.2) is 5.91 Å². The highest BCUT2D eigenvalue weighted by Gasteiger charge is 2.48. The van der Waals surface area contributed by atoms with Crippen molar-refractivity contribution in [3.63, 3.8) is 0 Å². The van der Waals surface area contributed by atoms with E-state index in [0.717, 1.165) is 29.2 Å². The molecule has 0 bridgehead atoms. The zero-order valence-electron chi connectivity index (χ0n) is 9.55. The van der Waals surface area contributed by atoms with Gasteiger partial charge in [0.15, 0.2) is 0 Å². The average Bonchev–Trinajstić information content (AvgIpc) is 2.97. The quantitative estimate of drug-likeness (QED) is 0.768. The Bertz CT molecular complexity index is 510. The fourth-order valence-corrected chi connectivity index (χ4v) is 3.61. The molecule has 2 nitrogen and oxygen atoms in total. The molecule has 1 N–H and O–H groups in total. The van der Waals surface area contributed by atoms with Crippen molar-refractivity contribution < 1.29 is 4.79 Å². The van der Waals surface area contributed by atoms with Crippen LogP contribution in [0.1, 0.15) is 19.3 Å². The van der Waals surface area contributed by atoms with E-state index in [2.05, 4.69) is 21.2 Å². The van der Waals surface area contributed by atoms with Gasteiger partial charge >= 0.3 is 0 Å². The van der Waals surface area contributed by atoms with Crippen LogP contribution in [0.5, 0.6) is 0 Å². The molecule has 5 heteroatoms. The van der Waals surface area contributed by atoms with Gasteiger partial charge in [-0.15, -0.1) is 0 Å². The first kappa shape index (κ1) is 12.8. The number of amides is 1. The summed E-state index contributed by atoms with van der Waals surface area (Å²) < 4.78 is 0.731. The van der Waals surface area contributed by atoms with E-state index in [1.54, 1.807) is 12.1 Å². The summed E-state index contributed by atoms with van der Waals surface area (Å²) >= 11 is 15.4. The lowest BCUT2D eigenvalue weighted by Crippen LogP contribution is -2.21. The van der Waals surface area contributed by atoms with Gasteiger partial charge in [-0.05, 0) is 59.2 Å². The van der Waals surface area contributed by atoms with Crippen LogP contribution in [0.4, 0.5) is 5.69 Å². The number of hydrogen-bond acceptors (Lipinski definition) is 1. The molecular formula is C13H12BrCl2NO. The van der Waals surface area contributed by atoms with E-state index in [1.807, 2.05) is 0 Å². The second-order valence-electron chi connectivity index (χ2n) is 5.14. The summed E-state index contributed by atoms with van der Waals surface area (Å²) in [5, 5.41) is 3.71. The van der Waals surface area contributed by atoms with Gasteiger partial charge in [0, 0.05) is 10.4 Å². The molecule has 0 aromatic heterocycles. The number of fused-ring (bicyclic) bond motifs is 1. The first-order chi connectivity index (χ1) is 8.56. The van der Waals surface area contributed by atoms with Gasteiger partial charge in [0.1, 0.15) is 0 Å². The molecule has 0 saturated heterocycles. The lowest BCUT2D eigenvalue weighted by molar-refractivity contribution is -0.120. The van der Waals surface area contributed by atoms with Crippen LogP contribution in [0, 0.1) is 17.8 Å². The molecule has 2 saturated carbocycles. The van der Waals surface area contributed by atoms with Gasteiger partial charge in [0.05, 0.1) is 15.7 Å². The molecule has 2 fully saturated rings. The van der Waals surface area contributed by atoms with Gasteiger partial charge in [-0.2, -0.15) is 0 Å². The largest absolute Gasteiger partial charge is 0.324 e. The normalized spacial score (nSPS) is 28.9. The van der Waals surface area contributed by atoms with E-state index in [9.17, 15) is 4.79 Å². The Morgan fingerprint density at radius 1 is 1.17 bits per heavy atom. The molecule has 0 spiro atoms. The van der Waals surface area contributed by atoms with Crippen LogP contribution < -0.4 is 5.32 Å². The van der Waals surface area contributed by atoms with E-state index in [4.69, 9.17) is 23.2 Å². The molecule has 3 rings (SSSR count). The Hall–Kier alpha value is -0.250. The first-order valence-electron chi connectivity index (χ1n) is 6.00. The highest BCUT2D eigenvalue weighted by atomic mass is 79.9. The predicted molar refractivity (Wildman–Crippen MR) is 77.1 cm³/mol. The van der Waals surface area contributed by atoms with E-state index in [0.29, 0.717) is 15.7 Å². The third-order valence-corrected chi connectivity index (χ3v) is 5.68. The molecule has 18 heavy (non-hydrogen) atoms. The number of carbonyl (C=O) groups is 1. The van der Waals surface area contributed by atoms with Crippen LogP contribution in [-0.2, 0) is 4.79 Å². The maximum atomic E-state index is 12.1. The number of halogens is 3. The fourth-order valence-electron chi connectivity index (χ4n) is 2.79. The SMILES string of the molecule is O=C(Nc1ccc(Br)c(Cl)c1Cl)C1CC2CC2C1. The molecule has 0 radical (unpaired) electrons. The summed E-state index contributed by atoms with van der Waals surface area (Å²) in [6.07, 6.45) is 3.37. The molecule has 1 aromatic carbocycles. The fraction of sp³-hybridized carbons (Fsp3) is 0.462. The van der Waals surface area contributed by atoms with E-state index in [-0.39, 0.29) is 11.8 Å². The average molecular weight is 349 g/mol. The molecule has 1 amide bonds. The van der Waals surface area contributed by atoms with Crippen LogP contribution in [0.25, 0.3) is 0 Å². The molecule has 2 aliphatic rings. The Morgan fingerprint density at radius 3 is 2.50 bits per heavy atom.